The molecule has 0 spiro atoms. The maximum atomic E-state index is 5.84. The first-order valence-electron chi connectivity index (χ1n) is 4.79. The number of hydrogen-bond donors (Lipinski definition) is 1. The Morgan fingerprint density at radius 3 is 2.87 bits per heavy atom. The maximum Gasteiger partial charge on any atom is 0.166 e. The van der Waals surface area contributed by atoms with E-state index in [9.17, 15) is 0 Å². The fourth-order valence-electron chi connectivity index (χ4n) is 1.42. The molecule has 0 bridgehead atoms. The quantitative estimate of drug-likeness (QED) is 0.803. The van der Waals surface area contributed by atoms with Crippen LogP contribution in [-0.4, -0.2) is 19.7 Å². The van der Waals surface area contributed by atoms with Gasteiger partial charge >= 0.3 is 0 Å². The minimum absolute atomic E-state index is 0.308. The average molecular weight is 203 g/mol. The molecule has 0 amide bonds. The minimum atomic E-state index is 0.308. The first-order chi connectivity index (χ1) is 7.20. The minimum Gasteiger partial charge on any atom is -0.397 e. The van der Waals surface area contributed by atoms with Crippen LogP contribution < -0.4 is 5.73 Å². The first kappa shape index (κ1) is 9.64. The highest BCUT2D eigenvalue weighted by Gasteiger charge is 2.11. The van der Waals surface area contributed by atoms with Gasteiger partial charge in [0.1, 0.15) is 6.33 Å². The molecule has 2 N–H and O–H groups in total. The van der Waals surface area contributed by atoms with E-state index in [1.54, 1.807) is 18.7 Å². The lowest BCUT2D eigenvalue weighted by atomic mass is 10.2. The molecule has 0 aromatic carbocycles. The third kappa shape index (κ3) is 1.68. The van der Waals surface area contributed by atoms with E-state index in [2.05, 4.69) is 29.0 Å². The van der Waals surface area contributed by atoms with Gasteiger partial charge in [-0.2, -0.15) is 0 Å². The van der Waals surface area contributed by atoms with Gasteiger partial charge in [0.25, 0.3) is 0 Å². The summed E-state index contributed by atoms with van der Waals surface area (Å²) in [5, 5.41) is 7.97. The van der Waals surface area contributed by atoms with Gasteiger partial charge in [-0.3, -0.25) is 4.98 Å². The monoisotopic (exact) mass is 203 g/mol. The molecule has 5 heteroatoms. The molecular formula is C10H13N5. The molecule has 0 aliphatic heterocycles. The first-order valence-corrected chi connectivity index (χ1v) is 4.79. The standard InChI is InChI=1S/C10H13N5/c1-7(2)15-6-13-14-10(15)8-3-4-12-5-9(8)11/h3-7H,11H2,1-2H3. The van der Waals surface area contributed by atoms with E-state index in [1.807, 2.05) is 10.6 Å². The van der Waals surface area contributed by atoms with E-state index >= 15 is 0 Å². The molecule has 0 aliphatic carbocycles. The Bertz CT molecular complexity index is 460. The molecule has 0 saturated heterocycles. The van der Waals surface area contributed by atoms with Crippen LogP contribution in [-0.2, 0) is 0 Å². The number of hydrogen-bond acceptors (Lipinski definition) is 4. The zero-order valence-corrected chi connectivity index (χ0v) is 8.75. The van der Waals surface area contributed by atoms with E-state index < -0.39 is 0 Å². The van der Waals surface area contributed by atoms with Gasteiger partial charge in [0.15, 0.2) is 5.82 Å². The Balaban J connectivity index is 2.55. The van der Waals surface area contributed by atoms with Crippen LogP contribution in [0.15, 0.2) is 24.8 Å². The van der Waals surface area contributed by atoms with Crippen molar-refractivity contribution in [3.63, 3.8) is 0 Å². The van der Waals surface area contributed by atoms with Crippen LogP contribution in [0.1, 0.15) is 19.9 Å². The SMILES string of the molecule is CC(C)n1cnnc1-c1ccncc1N. The molecule has 2 aromatic heterocycles. The predicted octanol–water partition coefficient (Wildman–Crippen LogP) is 1.50. The summed E-state index contributed by atoms with van der Waals surface area (Å²) in [6.45, 7) is 4.15. The average Bonchev–Trinajstić information content (AvgIpc) is 2.67. The third-order valence-corrected chi connectivity index (χ3v) is 2.22. The van der Waals surface area contributed by atoms with Crippen molar-refractivity contribution < 1.29 is 0 Å². The van der Waals surface area contributed by atoms with Gasteiger partial charge in [-0.25, -0.2) is 0 Å². The largest absolute Gasteiger partial charge is 0.397 e. The molecule has 78 valence electrons. The highest BCUT2D eigenvalue weighted by Crippen LogP contribution is 2.24. The van der Waals surface area contributed by atoms with E-state index in [0.29, 0.717) is 11.7 Å². The Kier molecular flexibility index (Phi) is 2.37. The summed E-state index contributed by atoms with van der Waals surface area (Å²) in [7, 11) is 0. The van der Waals surface area contributed by atoms with Crippen LogP contribution in [0.25, 0.3) is 11.4 Å². The molecule has 2 rings (SSSR count). The van der Waals surface area contributed by atoms with E-state index in [1.165, 1.54) is 0 Å². The Morgan fingerprint density at radius 1 is 1.40 bits per heavy atom. The highest BCUT2D eigenvalue weighted by atomic mass is 15.3. The number of anilines is 1. The van der Waals surface area contributed by atoms with Crippen molar-refractivity contribution in [2.24, 2.45) is 0 Å². The van der Waals surface area contributed by atoms with Crippen molar-refractivity contribution in [1.82, 2.24) is 19.7 Å². The topological polar surface area (TPSA) is 69.6 Å². The van der Waals surface area contributed by atoms with Crippen LogP contribution in [0.4, 0.5) is 5.69 Å². The third-order valence-electron chi connectivity index (χ3n) is 2.22. The number of aromatic nitrogens is 4. The maximum absolute atomic E-state index is 5.84. The summed E-state index contributed by atoms with van der Waals surface area (Å²) in [6.07, 6.45) is 5.03. The lowest BCUT2D eigenvalue weighted by Gasteiger charge is -2.10. The van der Waals surface area contributed by atoms with E-state index in [-0.39, 0.29) is 0 Å². The second-order valence-electron chi connectivity index (χ2n) is 3.62. The van der Waals surface area contributed by atoms with Crippen molar-refractivity contribution in [2.75, 3.05) is 5.73 Å². The van der Waals surface area contributed by atoms with Crippen molar-refractivity contribution in [2.45, 2.75) is 19.9 Å². The molecule has 5 nitrogen and oxygen atoms in total. The summed E-state index contributed by atoms with van der Waals surface area (Å²) >= 11 is 0. The van der Waals surface area contributed by atoms with E-state index in [4.69, 9.17) is 5.73 Å². The van der Waals surface area contributed by atoms with Crippen molar-refractivity contribution in [1.29, 1.82) is 0 Å². The van der Waals surface area contributed by atoms with Gasteiger partial charge in [-0.1, -0.05) is 0 Å². The molecule has 0 saturated carbocycles. The fraction of sp³-hybridized carbons (Fsp3) is 0.300. The van der Waals surface area contributed by atoms with Crippen molar-refractivity contribution in [3.05, 3.63) is 24.8 Å². The van der Waals surface area contributed by atoms with Crippen LogP contribution in [0.5, 0.6) is 0 Å². The Hall–Kier alpha value is -1.91. The Labute approximate surface area is 88.0 Å². The van der Waals surface area contributed by atoms with Gasteiger partial charge in [0, 0.05) is 17.8 Å². The summed E-state index contributed by atoms with van der Waals surface area (Å²) in [6, 6.07) is 2.15. The number of rotatable bonds is 2. The molecule has 2 aromatic rings. The second-order valence-corrected chi connectivity index (χ2v) is 3.62. The smallest absolute Gasteiger partial charge is 0.166 e. The van der Waals surface area contributed by atoms with Crippen molar-refractivity contribution >= 4 is 5.69 Å². The molecule has 15 heavy (non-hydrogen) atoms. The van der Waals surface area contributed by atoms with Crippen LogP contribution in [0.3, 0.4) is 0 Å². The molecule has 0 aliphatic rings. The normalized spacial score (nSPS) is 10.9. The zero-order chi connectivity index (χ0) is 10.8. The van der Waals surface area contributed by atoms with Crippen LogP contribution in [0, 0.1) is 0 Å². The summed E-state index contributed by atoms with van der Waals surface area (Å²) in [4.78, 5) is 3.95. The summed E-state index contributed by atoms with van der Waals surface area (Å²) in [5.41, 5.74) is 7.33. The highest BCUT2D eigenvalue weighted by molar-refractivity contribution is 5.70. The van der Waals surface area contributed by atoms with Gasteiger partial charge in [-0.05, 0) is 19.9 Å². The lowest BCUT2D eigenvalue weighted by Crippen LogP contribution is -2.03. The molecule has 0 atom stereocenters. The Morgan fingerprint density at radius 2 is 2.20 bits per heavy atom. The number of nitrogens with zero attached hydrogens (tertiary/aromatic N) is 4. The molecule has 0 unspecified atom stereocenters. The van der Waals surface area contributed by atoms with Crippen molar-refractivity contribution in [3.8, 4) is 11.4 Å². The van der Waals surface area contributed by atoms with Gasteiger partial charge in [0.2, 0.25) is 0 Å². The number of nitrogens with two attached hydrogens (primary N) is 1. The van der Waals surface area contributed by atoms with Gasteiger partial charge in [-0.15, -0.1) is 10.2 Å². The van der Waals surface area contributed by atoms with Crippen LogP contribution >= 0.6 is 0 Å². The van der Waals surface area contributed by atoms with Gasteiger partial charge < -0.3 is 10.3 Å². The molecular weight excluding hydrogens is 190 g/mol. The molecule has 0 radical (unpaired) electrons. The summed E-state index contributed by atoms with van der Waals surface area (Å²) in [5.74, 6) is 0.782. The second kappa shape index (κ2) is 3.68. The van der Waals surface area contributed by atoms with Crippen LogP contribution in [0.2, 0.25) is 0 Å². The predicted molar refractivity (Wildman–Crippen MR) is 58.1 cm³/mol. The summed E-state index contributed by atoms with van der Waals surface area (Å²) < 4.78 is 1.98. The lowest BCUT2D eigenvalue weighted by molar-refractivity contribution is 0.604. The fourth-order valence-corrected chi connectivity index (χ4v) is 1.42. The van der Waals surface area contributed by atoms with Gasteiger partial charge in [0.05, 0.1) is 11.9 Å². The number of pyridine rings is 1. The molecule has 0 fully saturated rings. The molecule has 2 heterocycles. The zero-order valence-electron chi connectivity index (χ0n) is 8.75. The number of nitrogen functional groups attached to an aromatic ring is 1. The van der Waals surface area contributed by atoms with E-state index in [0.717, 1.165) is 11.4 Å².